The molecule has 21 heavy (non-hydrogen) atoms. The minimum atomic E-state index is -0.941. The second kappa shape index (κ2) is 6.24. The van der Waals surface area contributed by atoms with Gasteiger partial charge in [-0.15, -0.1) is 0 Å². The SMILES string of the molecule is Cc1cc(CN(C)c2nc(Cl)nc(Cl)n2)ccc1C(=O)O. The highest BCUT2D eigenvalue weighted by molar-refractivity contribution is 6.31. The zero-order chi connectivity index (χ0) is 15.6. The second-order valence-electron chi connectivity index (χ2n) is 4.48. The third-order valence-electron chi connectivity index (χ3n) is 2.85. The van der Waals surface area contributed by atoms with Crippen molar-refractivity contribution in [2.45, 2.75) is 13.5 Å². The largest absolute Gasteiger partial charge is 0.478 e. The van der Waals surface area contributed by atoms with Crippen molar-refractivity contribution < 1.29 is 9.90 Å². The molecule has 110 valence electrons. The summed E-state index contributed by atoms with van der Waals surface area (Å²) in [6.07, 6.45) is 0. The van der Waals surface area contributed by atoms with Crippen molar-refractivity contribution in [3.63, 3.8) is 0 Å². The first-order chi connectivity index (χ1) is 9.86. The number of carboxylic acids is 1. The molecule has 0 aliphatic rings. The molecule has 0 radical (unpaired) electrons. The fourth-order valence-corrected chi connectivity index (χ4v) is 2.25. The van der Waals surface area contributed by atoms with Crippen LogP contribution in [0.4, 0.5) is 5.95 Å². The summed E-state index contributed by atoms with van der Waals surface area (Å²) in [6.45, 7) is 2.24. The summed E-state index contributed by atoms with van der Waals surface area (Å²) in [5.74, 6) is -0.594. The lowest BCUT2D eigenvalue weighted by atomic mass is 10.1. The smallest absolute Gasteiger partial charge is 0.335 e. The monoisotopic (exact) mass is 326 g/mol. The van der Waals surface area contributed by atoms with E-state index in [0.717, 1.165) is 5.56 Å². The van der Waals surface area contributed by atoms with Crippen LogP contribution in [0.5, 0.6) is 0 Å². The van der Waals surface area contributed by atoms with Crippen LogP contribution in [-0.2, 0) is 6.54 Å². The van der Waals surface area contributed by atoms with E-state index in [-0.39, 0.29) is 16.1 Å². The minimum absolute atomic E-state index is 0.0225. The Bertz CT molecular complexity index is 674. The number of hydrogen-bond donors (Lipinski definition) is 1. The molecule has 2 aromatic rings. The normalized spacial score (nSPS) is 10.5. The fourth-order valence-electron chi connectivity index (χ4n) is 1.90. The number of carbonyl (C=O) groups is 1. The molecular formula is C13H12Cl2N4O2. The Balaban J connectivity index is 2.21. The molecule has 0 bridgehead atoms. The van der Waals surface area contributed by atoms with Gasteiger partial charge in [0, 0.05) is 13.6 Å². The van der Waals surface area contributed by atoms with E-state index in [4.69, 9.17) is 28.3 Å². The number of aromatic nitrogens is 3. The molecule has 6 nitrogen and oxygen atoms in total. The number of hydrogen-bond acceptors (Lipinski definition) is 5. The molecule has 0 saturated heterocycles. The van der Waals surface area contributed by atoms with Gasteiger partial charge in [-0.2, -0.15) is 15.0 Å². The average Bonchev–Trinajstić information content (AvgIpc) is 2.37. The Morgan fingerprint density at radius 2 is 1.86 bits per heavy atom. The van der Waals surface area contributed by atoms with Crippen LogP contribution in [0.1, 0.15) is 21.5 Å². The molecule has 0 unspecified atom stereocenters. The van der Waals surface area contributed by atoms with Gasteiger partial charge in [-0.25, -0.2) is 4.79 Å². The zero-order valence-corrected chi connectivity index (χ0v) is 12.9. The third-order valence-corrected chi connectivity index (χ3v) is 3.19. The number of anilines is 1. The third kappa shape index (κ3) is 3.80. The molecule has 0 spiro atoms. The van der Waals surface area contributed by atoms with E-state index in [1.807, 2.05) is 6.07 Å². The topological polar surface area (TPSA) is 79.2 Å². The molecule has 0 aliphatic carbocycles. The van der Waals surface area contributed by atoms with E-state index in [0.29, 0.717) is 18.1 Å². The maximum absolute atomic E-state index is 11.0. The maximum Gasteiger partial charge on any atom is 0.335 e. The summed E-state index contributed by atoms with van der Waals surface area (Å²) in [5, 5.41) is 9.06. The standard InChI is InChI=1S/C13H12Cl2N4O2/c1-7-5-8(3-4-9(7)10(20)21)6-19(2)13-17-11(14)16-12(15)18-13/h3-5H,6H2,1-2H3,(H,20,21). The first-order valence-electron chi connectivity index (χ1n) is 5.98. The molecule has 1 N–H and O–H groups in total. The highest BCUT2D eigenvalue weighted by atomic mass is 35.5. The quantitative estimate of drug-likeness (QED) is 0.930. The van der Waals surface area contributed by atoms with Crippen molar-refractivity contribution in [3.8, 4) is 0 Å². The molecule has 0 atom stereocenters. The van der Waals surface area contributed by atoms with Gasteiger partial charge in [-0.1, -0.05) is 12.1 Å². The summed E-state index contributed by atoms with van der Waals surface area (Å²) in [4.78, 5) is 24.4. The molecule has 8 heteroatoms. The van der Waals surface area contributed by atoms with Gasteiger partial charge in [0.05, 0.1) is 5.56 Å². The Hall–Kier alpha value is -1.92. The summed E-state index contributed by atoms with van der Waals surface area (Å²) < 4.78 is 0. The second-order valence-corrected chi connectivity index (χ2v) is 5.16. The van der Waals surface area contributed by atoms with Gasteiger partial charge in [0.25, 0.3) is 0 Å². The van der Waals surface area contributed by atoms with Gasteiger partial charge in [0.1, 0.15) is 0 Å². The summed E-state index contributed by atoms with van der Waals surface area (Å²) >= 11 is 11.5. The first-order valence-corrected chi connectivity index (χ1v) is 6.73. The number of aryl methyl sites for hydroxylation is 1. The number of carboxylic acid groups (broad SMARTS) is 1. The van der Waals surface area contributed by atoms with E-state index in [9.17, 15) is 4.79 Å². The van der Waals surface area contributed by atoms with Crippen molar-refractivity contribution in [1.82, 2.24) is 15.0 Å². The number of rotatable bonds is 4. The van der Waals surface area contributed by atoms with Crippen LogP contribution in [-0.4, -0.2) is 33.1 Å². The van der Waals surface area contributed by atoms with Gasteiger partial charge in [0.15, 0.2) is 0 Å². The lowest BCUT2D eigenvalue weighted by Gasteiger charge is -2.17. The van der Waals surface area contributed by atoms with Gasteiger partial charge >= 0.3 is 5.97 Å². The van der Waals surface area contributed by atoms with Crippen LogP contribution in [0.2, 0.25) is 10.6 Å². The van der Waals surface area contributed by atoms with Crippen molar-refractivity contribution in [2.24, 2.45) is 0 Å². The van der Waals surface area contributed by atoms with Crippen molar-refractivity contribution >= 4 is 35.1 Å². The predicted octanol–water partition coefficient (Wildman–Crippen LogP) is 2.82. The zero-order valence-electron chi connectivity index (χ0n) is 11.3. The molecule has 0 saturated carbocycles. The summed E-state index contributed by atoms with van der Waals surface area (Å²) in [6, 6.07) is 5.13. The van der Waals surface area contributed by atoms with Crippen LogP contribution in [0, 0.1) is 6.92 Å². The highest BCUT2D eigenvalue weighted by Gasteiger charge is 2.11. The molecule has 2 rings (SSSR count). The average molecular weight is 327 g/mol. The maximum atomic E-state index is 11.0. The van der Waals surface area contributed by atoms with E-state index in [1.165, 1.54) is 0 Å². The lowest BCUT2D eigenvalue weighted by molar-refractivity contribution is 0.0696. The molecule has 0 aliphatic heterocycles. The van der Waals surface area contributed by atoms with Crippen molar-refractivity contribution in [2.75, 3.05) is 11.9 Å². The number of nitrogens with zero attached hydrogens (tertiary/aromatic N) is 4. The lowest BCUT2D eigenvalue weighted by Crippen LogP contribution is -2.19. The van der Waals surface area contributed by atoms with Crippen LogP contribution >= 0.6 is 23.2 Å². The van der Waals surface area contributed by atoms with Crippen molar-refractivity contribution in [1.29, 1.82) is 0 Å². The molecule has 1 heterocycles. The minimum Gasteiger partial charge on any atom is -0.478 e. The fraction of sp³-hybridized carbons (Fsp3) is 0.231. The Morgan fingerprint density at radius 3 is 2.38 bits per heavy atom. The van der Waals surface area contributed by atoms with Gasteiger partial charge < -0.3 is 10.0 Å². The van der Waals surface area contributed by atoms with Gasteiger partial charge in [0.2, 0.25) is 16.5 Å². The van der Waals surface area contributed by atoms with E-state index >= 15 is 0 Å². The number of benzene rings is 1. The van der Waals surface area contributed by atoms with E-state index in [2.05, 4.69) is 15.0 Å². The van der Waals surface area contributed by atoms with Crippen LogP contribution in [0.15, 0.2) is 18.2 Å². The first kappa shape index (κ1) is 15.5. The predicted molar refractivity (Wildman–Crippen MR) is 80.1 cm³/mol. The van der Waals surface area contributed by atoms with Gasteiger partial charge in [-0.05, 0) is 47.3 Å². The molecule has 0 amide bonds. The van der Waals surface area contributed by atoms with E-state index < -0.39 is 5.97 Å². The van der Waals surface area contributed by atoms with Crippen LogP contribution in [0.25, 0.3) is 0 Å². The van der Waals surface area contributed by atoms with Crippen LogP contribution in [0.3, 0.4) is 0 Å². The van der Waals surface area contributed by atoms with Crippen molar-refractivity contribution in [3.05, 3.63) is 45.5 Å². The molecule has 1 aromatic heterocycles. The molecule has 0 fully saturated rings. The van der Waals surface area contributed by atoms with E-state index in [1.54, 1.807) is 31.0 Å². The Kier molecular flexibility index (Phi) is 4.59. The molecule has 1 aromatic carbocycles. The van der Waals surface area contributed by atoms with Gasteiger partial charge in [-0.3, -0.25) is 0 Å². The number of halogens is 2. The number of aromatic carboxylic acids is 1. The Labute approximate surface area is 131 Å². The van der Waals surface area contributed by atoms with Crippen LogP contribution < -0.4 is 4.90 Å². The Morgan fingerprint density at radius 1 is 1.24 bits per heavy atom. The summed E-state index contributed by atoms with van der Waals surface area (Å²) in [5.41, 5.74) is 1.90. The highest BCUT2D eigenvalue weighted by Crippen LogP contribution is 2.17. The molecular weight excluding hydrogens is 315 g/mol. The summed E-state index contributed by atoms with van der Waals surface area (Å²) in [7, 11) is 1.78.